The molecule has 0 aliphatic rings. The lowest BCUT2D eigenvalue weighted by Crippen LogP contribution is -1.67. The number of thioether (sulfide) groups is 1. The van der Waals surface area contributed by atoms with Crippen molar-refractivity contribution in [2.24, 2.45) is 0 Å². The van der Waals surface area contributed by atoms with Gasteiger partial charge in [-0.2, -0.15) is 11.8 Å². The van der Waals surface area contributed by atoms with E-state index in [1.807, 2.05) is 11.8 Å². The average Bonchev–Trinajstić information content (AvgIpc) is 1.87. The standard InChI is InChI=1S/C9H16S/c1-9(2)7-5-4-6-8-10-3/h4,6-7H,5,8H2,1-3H3/b6-4-. The van der Waals surface area contributed by atoms with Gasteiger partial charge in [0.2, 0.25) is 0 Å². The quantitative estimate of drug-likeness (QED) is 0.563. The summed E-state index contributed by atoms with van der Waals surface area (Å²) in [4.78, 5) is 0. The molecule has 1 heteroatoms. The lowest BCUT2D eigenvalue weighted by atomic mass is 10.2. The molecule has 10 heavy (non-hydrogen) atoms. The Bertz CT molecular complexity index is 119. The molecule has 0 aliphatic heterocycles. The molecule has 0 radical (unpaired) electrons. The summed E-state index contributed by atoms with van der Waals surface area (Å²) >= 11 is 1.85. The van der Waals surface area contributed by atoms with Gasteiger partial charge in [0, 0.05) is 5.75 Å². The van der Waals surface area contributed by atoms with E-state index in [-0.39, 0.29) is 0 Å². The van der Waals surface area contributed by atoms with E-state index in [0.29, 0.717) is 0 Å². The zero-order valence-electron chi connectivity index (χ0n) is 7.05. The summed E-state index contributed by atoms with van der Waals surface area (Å²) in [7, 11) is 0. The van der Waals surface area contributed by atoms with Crippen LogP contribution in [-0.4, -0.2) is 12.0 Å². The highest BCUT2D eigenvalue weighted by molar-refractivity contribution is 7.98. The Morgan fingerprint density at radius 2 is 2.00 bits per heavy atom. The molecular weight excluding hydrogens is 140 g/mol. The fourth-order valence-corrected chi connectivity index (χ4v) is 0.893. The molecule has 58 valence electrons. The second-order valence-corrected chi connectivity index (χ2v) is 3.35. The van der Waals surface area contributed by atoms with Crippen LogP contribution in [0.2, 0.25) is 0 Å². The molecule has 0 amide bonds. The fraction of sp³-hybridized carbons (Fsp3) is 0.556. The summed E-state index contributed by atoms with van der Waals surface area (Å²) in [6.45, 7) is 4.25. The topological polar surface area (TPSA) is 0 Å². The van der Waals surface area contributed by atoms with Gasteiger partial charge in [0.15, 0.2) is 0 Å². The van der Waals surface area contributed by atoms with E-state index >= 15 is 0 Å². The Hall–Kier alpha value is -0.170. The van der Waals surface area contributed by atoms with Crippen molar-refractivity contribution in [3.05, 3.63) is 23.8 Å². The van der Waals surface area contributed by atoms with Crippen molar-refractivity contribution in [3.63, 3.8) is 0 Å². The molecule has 0 nitrogen and oxygen atoms in total. The highest BCUT2D eigenvalue weighted by Gasteiger charge is 1.74. The first-order valence-corrected chi connectivity index (χ1v) is 4.94. The van der Waals surface area contributed by atoms with Crippen LogP contribution in [0.1, 0.15) is 20.3 Å². The summed E-state index contributed by atoms with van der Waals surface area (Å²) < 4.78 is 0. The van der Waals surface area contributed by atoms with Crippen LogP contribution in [0, 0.1) is 0 Å². The van der Waals surface area contributed by atoms with Gasteiger partial charge in [0.05, 0.1) is 0 Å². The van der Waals surface area contributed by atoms with E-state index in [4.69, 9.17) is 0 Å². The third-order valence-corrected chi connectivity index (χ3v) is 1.62. The molecule has 0 unspecified atom stereocenters. The second-order valence-electron chi connectivity index (χ2n) is 2.44. The SMILES string of the molecule is CSC/C=C\CC=C(C)C. The molecule has 0 aliphatic carbocycles. The lowest BCUT2D eigenvalue weighted by molar-refractivity contribution is 1.27. The number of hydrogen-bond donors (Lipinski definition) is 0. The Balaban J connectivity index is 3.27. The third-order valence-electron chi connectivity index (χ3n) is 1.09. The highest BCUT2D eigenvalue weighted by Crippen LogP contribution is 1.96. The summed E-state index contributed by atoms with van der Waals surface area (Å²) in [5.41, 5.74) is 1.40. The third kappa shape index (κ3) is 7.83. The van der Waals surface area contributed by atoms with Gasteiger partial charge in [-0.3, -0.25) is 0 Å². The Kier molecular flexibility index (Phi) is 6.83. The zero-order valence-corrected chi connectivity index (χ0v) is 7.87. The van der Waals surface area contributed by atoms with Gasteiger partial charge in [-0.05, 0) is 26.5 Å². The minimum absolute atomic E-state index is 1.09. The first-order chi connectivity index (χ1) is 4.77. The van der Waals surface area contributed by atoms with Gasteiger partial charge in [-0.25, -0.2) is 0 Å². The Labute approximate surface area is 68.4 Å². The minimum Gasteiger partial charge on any atom is -0.161 e. The van der Waals surface area contributed by atoms with Gasteiger partial charge in [-0.1, -0.05) is 23.8 Å². The molecule has 0 bridgehead atoms. The molecule has 0 atom stereocenters. The van der Waals surface area contributed by atoms with Crippen molar-refractivity contribution in [3.8, 4) is 0 Å². The van der Waals surface area contributed by atoms with Gasteiger partial charge in [0.1, 0.15) is 0 Å². The summed E-state index contributed by atoms with van der Waals surface area (Å²) in [5.74, 6) is 1.14. The smallest absolute Gasteiger partial charge is 0.0110 e. The van der Waals surface area contributed by atoms with Crippen molar-refractivity contribution in [1.82, 2.24) is 0 Å². The van der Waals surface area contributed by atoms with Crippen molar-refractivity contribution in [2.75, 3.05) is 12.0 Å². The van der Waals surface area contributed by atoms with Crippen LogP contribution in [-0.2, 0) is 0 Å². The number of hydrogen-bond acceptors (Lipinski definition) is 1. The van der Waals surface area contributed by atoms with Crippen LogP contribution in [0.15, 0.2) is 23.8 Å². The average molecular weight is 156 g/mol. The van der Waals surface area contributed by atoms with Gasteiger partial charge in [0.25, 0.3) is 0 Å². The first kappa shape index (κ1) is 9.83. The molecule has 0 saturated heterocycles. The minimum atomic E-state index is 1.09. The lowest BCUT2D eigenvalue weighted by Gasteiger charge is -1.86. The summed E-state index contributed by atoms with van der Waals surface area (Å²) in [5, 5.41) is 0. The molecule has 0 heterocycles. The van der Waals surface area contributed by atoms with Crippen LogP contribution < -0.4 is 0 Å². The first-order valence-electron chi connectivity index (χ1n) is 3.54. The highest BCUT2D eigenvalue weighted by atomic mass is 32.2. The summed E-state index contributed by atoms with van der Waals surface area (Å²) in [6.07, 6.45) is 9.86. The van der Waals surface area contributed by atoms with E-state index in [1.54, 1.807) is 0 Å². The van der Waals surface area contributed by atoms with Gasteiger partial charge >= 0.3 is 0 Å². The van der Waals surface area contributed by atoms with Crippen LogP contribution in [0.3, 0.4) is 0 Å². The molecule has 0 aromatic carbocycles. The maximum atomic E-state index is 2.23. The normalized spacial score (nSPS) is 10.3. The molecular formula is C9H16S. The Morgan fingerprint density at radius 3 is 2.50 bits per heavy atom. The van der Waals surface area contributed by atoms with Crippen LogP contribution in [0.4, 0.5) is 0 Å². The molecule has 0 N–H and O–H groups in total. The molecule has 0 aromatic heterocycles. The maximum Gasteiger partial charge on any atom is 0.0110 e. The van der Waals surface area contributed by atoms with E-state index in [1.165, 1.54) is 5.57 Å². The van der Waals surface area contributed by atoms with Crippen molar-refractivity contribution in [2.45, 2.75) is 20.3 Å². The Morgan fingerprint density at radius 1 is 1.30 bits per heavy atom. The molecule has 0 fully saturated rings. The predicted octanol–water partition coefficient (Wildman–Crippen LogP) is 3.26. The predicted molar refractivity (Wildman–Crippen MR) is 51.6 cm³/mol. The van der Waals surface area contributed by atoms with E-state index in [2.05, 4.69) is 38.3 Å². The number of allylic oxidation sites excluding steroid dienone is 3. The monoisotopic (exact) mass is 156 g/mol. The molecule has 0 aromatic rings. The van der Waals surface area contributed by atoms with E-state index in [9.17, 15) is 0 Å². The largest absolute Gasteiger partial charge is 0.161 e. The van der Waals surface area contributed by atoms with Crippen LogP contribution in [0.5, 0.6) is 0 Å². The summed E-state index contributed by atoms with van der Waals surface area (Å²) in [6, 6.07) is 0. The molecule has 0 saturated carbocycles. The van der Waals surface area contributed by atoms with Crippen LogP contribution in [0.25, 0.3) is 0 Å². The number of rotatable bonds is 4. The van der Waals surface area contributed by atoms with Gasteiger partial charge in [-0.15, -0.1) is 0 Å². The van der Waals surface area contributed by atoms with Gasteiger partial charge < -0.3 is 0 Å². The van der Waals surface area contributed by atoms with Crippen molar-refractivity contribution in [1.29, 1.82) is 0 Å². The van der Waals surface area contributed by atoms with Crippen LogP contribution >= 0.6 is 11.8 Å². The fourth-order valence-electron chi connectivity index (χ4n) is 0.564. The second kappa shape index (κ2) is 6.94. The molecule has 0 spiro atoms. The van der Waals surface area contributed by atoms with E-state index < -0.39 is 0 Å². The maximum absolute atomic E-state index is 2.23. The zero-order chi connectivity index (χ0) is 7.82. The molecule has 0 rings (SSSR count). The van der Waals surface area contributed by atoms with E-state index in [0.717, 1.165) is 12.2 Å². The van der Waals surface area contributed by atoms with Crippen molar-refractivity contribution >= 4 is 11.8 Å². The van der Waals surface area contributed by atoms with Crippen molar-refractivity contribution < 1.29 is 0 Å².